The Balaban J connectivity index is 4.52. The number of unbranched alkanes of at least 4 members (excludes halogenated alkanes) is 19. The monoisotopic (exact) mass is 929 g/mol. The molecule has 0 bridgehead atoms. The number of hydrogen-bond acceptors (Lipinski definition) is 6. The van der Waals surface area contributed by atoms with Gasteiger partial charge in [0.2, 0.25) is 0 Å². The highest BCUT2D eigenvalue weighted by molar-refractivity contribution is 5.71. The molecular weight excluding hydrogens is 829 g/mol. The average Bonchev–Trinajstić information content (AvgIpc) is 3.33. The van der Waals surface area contributed by atoms with Gasteiger partial charge in [0, 0.05) is 19.3 Å². The highest BCUT2D eigenvalue weighted by Crippen LogP contribution is 2.14. The summed E-state index contributed by atoms with van der Waals surface area (Å²) in [6, 6.07) is 0. The van der Waals surface area contributed by atoms with Gasteiger partial charge in [0.1, 0.15) is 13.2 Å². The van der Waals surface area contributed by atoms with Gasteiger partial charge < -0.3 is 14.2 Å². The number of rotatable bonds is 48. The molecule has 0 fully saturated rings. The minimum atomic E-state index is -0.812. The zero-order chi connectivity index (χ0) is 48.6. The Bertz CT molecular complexity index is 1390. The van der Waals surface area contributed by atoms with Gasteiger partial charge >= 0.3 is 17.9 Å². The van der Waals surface area contributed by atoms with Crippen molar-refractivity contribution in [2.45, 2.75) is 245 Å². The zero-order valence-corrected chi connectivity index (χ0v) is 43.4. The maximum atomic E-state index is 12.8. The third kappa shape index (κ3) is 52.9. The van der Waals surface area contributed by atoms with Crippen molar-refractivity contribution >= 4 is 17.9 Å². The number of esters is 3. The van der Waals surface area contributed by atoms with Crippen molar-refractivity contribution in [3.63, 3.8) is 0 Å². The molecule has 0 spiro atoms. The predicted molar refractivity (Wildman–Crippen MR) is 288 cm³/mol. The minimum Gasteiger partial charge on any atom is -0.462 e. The van der Waals surface area contributed by atoms with Gasteiger partial charge in [0.05, 0.1) is 0 Å². The topological polar surface area (TPSA) is 78.9 Å². The fraction of sp³-hybridized carbons (Fsp3) is 0.656. The van der Waals surface area contributed by atoms with Crippen LogP contribution in [-0.2, 0) is 28.6 Å². The van der Waals surface area contributed by atoms with E-state index >= 15 is 0 Å². The molecular formula is C61H100O6. The summed E-state index contributed by atoms with van der Waals surface area (Å²) in [7, 11) is 0. The Kier molecular flexibility index (Phi) is 51.5. The zero-order valence-electron chi connectivity index (χ0n) is 43.4. The second kappa shape index (κ2) is 54.7. The SMILES string of the molecule is CC/C=C\C/C=C\C/C=C\C/C=C\C/C=C\CCCC(=O)OCC(COC(=O)CCCCCCC/C=C\C/C=C\C/C=C\CC)OC(=O)CCCCCCCCC/C=C\CCCCCCCC. The van der Waals surface area contributed by atoms with Gasteiger partial charge in [-0.1, -0.05) is 214 Å². The van der Waals surface area contributed by atoms with Gasteiger partial charge in [-0.15, -0.1) is 0 Å². The lowest BCUT2D eigenvalue weighted by Gasteiger charge is -2.18. The van der Waals surface area contributed by atoms with Crippen LogP contribution in [0.1, 0.15) is 239 Å². The van der Waals surface area contributed by atoms with Crippen LogP contribution in [-0.4, -0.2) is 37.2 Å². The third-order valence-corrected chi connectivity index (χ3v) is 11.2. The summed E-state index contributed by atoms with van der Waals surface area (Å²) in [4.78, 5) is 38.1. The van der Waals surface area contributed by atoms with Gasteiger partial charge in [-0.3, -0.25) is 14.4 Å². The highest BCUT2D eigenvalue weighted by Gasteiger charge is 2.19. The molecule has 0 aliphatic carbocycles. The molecule has 0 aromatic carbocycles. The fourth-order valence-corrected chi connectivity index (χ4v) is 7.19. The molecule has 0 amide bonds. The van der Waals surface area contributed by atoms with Gasteiger partial charge in [0.25, 0.3) is 0 Å². The van der Waals surface area contributed by atoms with Crippen LogP contribution in [0.4, 0.5) is 0 Å². The summed E-state index contributed by atoms with van der Waals surface area (Å²) in [6.45, 7) is 6.34. The molecule has 0 aromatic rings. The molecule has 0 saturated heterocycles. The van der Waals surface area contributed by atoms with Crippen LogP contribution in [0, 0.1) is 0 Å². The molecule has 67 heavy (non-hydrogen) atoms. The Morgan fingerprint density at radius 3 is 0.985 bits per heavy atom. The second-order valence-corrected chi connectivity index (χ2v) is 17.7. The van der Waals surface area contributed by atoms with E-state index in [4.69, 9.17) is 14.2 Å². The van der Waals surface area contributed by atoms with Crippen LogP contribution in [0.25, 0.3) is 0 Å². The van der Waals surface area contributed by atoms with E-state index in [1.807, 2.05) is 0 Å². The molecule has 0 radical (unpaired) electrons. The Hall–Kier alpha value is -3.93. The minimum absolute atomic E-state index is 0.108. The van der Waals surface area contributed by atoms with E-state index in [9.17, 15) is 14.4 Å². The average molecular weight is 929 g/mol. The van der Waals surface area contributed by atoms with Gasteiger partial charge in [-0.25, -0.2) is 0 Å². The number of hydrogen-bond donors (Lipinski definition) is 0. The molecule has 1 atom stereocenters. The number of ether oxygens (including phenoxy) is 3. The van der Waals surface area contributed by atoms with Crippen LogP contribution >= 0.6 is 0 Å². The smallest absolute Gasteiger partial charge is 0.306 e. The van der Waals surface area contributed by atoms with Crippen LogP contribution in [0.3, 0.4) is 0 Å². The molecule has 0 heterocycles. The normalized spacial score (nSPS) is 12.9. The Labute approximate surface area is 412 Å². The van der Waals surface area contributed by atoms with Crippen molar-refractivity contribution in [3.8, 4) is 0 Å². The lowest BCUT2D eigenvalue weighted by Crippen LogP contribution is -2.30. The Morgan fingerprint density at radius 1 is 0.313 bits per heavy atom. The molecule has 1 unspecified atom stereocenters. The molecule has 6 nitrogen and oxygen atoms in total. The van der Waals surface area contributed by atoms with E-state index < -0.39 is 6.10 Å². The fourth-order valence-electron chi connectivity index (χ4n) is 7.19. The summed E-state index contributed by atoms with van der Waals surface area (Å²) >= 11 is 0. The summed E-state index contributed by atoms with van der Waals surface area (Å²) in [5.74, 6) is -0.990. The van der Waals surface area contributed by atoms with Crippen molar-refractivity contribution in [2.24, 2.45) is 0 Å². The standard InChI is InChI=1S/C61H100O6/c1-4-7-10-13-16-19-22-25-28-30-33-36-39-42-45-48-51-54-60(63)66-57-58(56-65-59(62)53-50-47-44-41-38-35-32-27-24-21-18-15-12-9-6-3)67-61(64)55-52-49-46-43-40-37-34-31-29-26-23-20-17-14-11-8-5-2/h7,9-10,12,16,18-19,21,25-29,32-33,36,42,45,58H,4-6,8,11,13-15,17,20,22-24,30-31,34-35,37-41,43-44,46-57H2,1-3H3/b10-7-,12-9-,19-16-,21-18-,28-25-,29-26-,32-27-,36-33-,45-42-. The number of allylic oxidation sites excluding steroid dienone is 18. The maximum absolute atomic E-state index is 12.8. The lowest BCUT2D eigenvalue weighted by molar-refractivity contribution is -0.167. The van der Waals surface area contributed by atoms with Crippen molar-refractivity contribution in [3.05, 3.63) is 109 Å². The first-order valence-electron chi connectivity index (χ1n) is 27.4. The Morgan fingerprint density at radius 2 is 0.597 bits per heavy atom. The first-order valence-corrected chi connectivity index (χ1v) is 27.4. The molecule has 6 heteroatoms. The third-order valence-electron chi connectivity index (χ3n) is 11.2. The van der Waals surface area contributed by atoms with Crippen molar-refractivity contribution < 1.29 is 28.6 Å². The van der Waals surface area contributed by atoms with E-state index in [1.165, 1.54) is 77.0 Å². The van der Waals surface area contributed by atoms with Gasteiger partial charge in [0.15, 0.2) is 6.10 Å². The quantitative estimate of drug-likeness (QED) is 0.0262. The predicted octanol–water partition coefficient (Wildman–Crippen LogP) is 18.3. The largest absolute Gasteiger partial charge is 0.462 e. The molecule has 0 aliphatic heterocycles. The van der Waals surface area contributed by atoms with E-state index in [-0.39, 0.29) is 37.5 Å². The maximum Gasteiger partial charge on any atom is 0.306 e. The molecule has 0 aromatic heterocycles. The highest BCUT2D eigenvalue weighted by atomic mass is 16.6. The van der Waals surface area contributed by atoms with E-state index in [0.717, 1.165) is 116 Å². The molecule has 0 rings (SSSR count). The molecule has 380 valence electrons. The van der Waals surface area contributed by atoms with Gasteiger partial charge in [-0.2, -0.15) is 0 Å². The first-order chi connectivity index (χ1) is 33.0. The van der Waals surface area contributed by atoms with Crippen molar-refractivity contribution in [1.29, 1.82) is 0 Å². The second-order valence-electron chi connectivity index (χ2n) is 17.7. The number of carbonyl (C=O) groups excluding carboxylic acids is 3. The van der Waals surface area contributed by atoms with Crippen LogP contribution in [0.15, 0.2) is 109 Å². The first kappa shape index (κ1) is 63.1. The van der Waals surface area contributed by atoms with E-state index in [2.05, 4.69) is 130 Å². The van der Waals surface area contributed by atoms with E-state index in [0.29, 0.717) is 19.3 Å². The van der Waals surface area contributed by atoms with Crippen LogP contribution < -0.4 is 0 Å². The summed E-state index contributed by atoms with van der Waals surface area (Å²) in [6.07, 6.45) is 73.6. The van der Waals surface area contributed by atoms with Crippen LogP contribution in [0.5, 0.6) is 0 Å². The van der Waals surface area contributed by atoms with E-state index in [1.54, 1.807) is 0 Å². The lowest BCUT2D eigenvalue weighted by atomic mass is 10.1. The molecule has 0 saturated carbocycles. The van der Waals surface area contributed by atoms with Gasteiger partial charge in [-0.05, 0) is 116 Å². The molecule has 0 N–H and O–H groups in total. The van der Waals surface area contributed by atoms with Crippen molar-refractivity contribution in [1.82, 2.24) is 0 Å². The van der Waals surface area contributed by atoms with Crippen LogP contribution in [0.2, 0.25) is 0 Å². The van der Waals surface area contributed by atoms with Crippen molar-refractivity contribution in [2.75, 3.05) is 13.2 Å². The summed E-state index contributed by atoms with van der Waals surface area (Å²) in [5, 5.41) is 0. The molecule has 0 aliphatic rings. The number of carbonyl (C=O) groups is 3. The summed E-state index contributed by atoms with van der Waals surface area (Å²) < 4.78 is 16.8. The summed E-state index contributed by atoms with van der Waals surface area (Å²) in [5.41, 5.74) is 0.